The van der Waals surface area contributed by atoms with Crippen molar-refractivity contribution in [2.24, 2.45) is 5.73 Å². The lowest BCUT2D eigenvalue weighted by atomic mass is 10.2. The molecule has 1 saturated carbocycles. The van der Waals surface area contributed by atoms with E-state index in [2.05, 4.69) is 5.32 Å². The summed E-state index contributed by atoms with van der Waals surface area (Å²) in [5, 5.41) is 3.12. The van der Waals surface area contributed by atoms with Crippen LogP contribution in [0.4, 0.5) is 0 Å². The van der Waals surface area contributed by atoms with Crippen molar-refractivity contribution in [2.45, 2.75) is 57.7 Å². The number of hydrogen-bond acceptors (Lipinski definition) is 3. The Kier molecular flexibility index (Phi) is 5.22. The smallest absolute Gasteiger partial charge is 0.237 e. The summed E-state index contributed by atoms with van der Waals surface area (Å²) in [4.78, 5) is 14.0. The summed E-state index contributed by atoms with van der Waals surface area (Å²) in [7, 11) is 1.95. The molecule has 4 nitrogen and oxygen atoms in total. The Morgan fingerprint density at radius 1 is 1.44 bits per heavy atom. The average molecular weight is 227 g/mol. The van der Waals surface area contributed by atoms with Gasteiger partial charge in [0.05, 0.1) is 6.04 Å². The lowest BCUT2D eigenvalue weighted by molar-refractivity contribution is -0.126. The van der Waals surface area contributed by atoms with Gasteiger partial charge in [-0.1, -0.05) is 12.8 Å². The highest BCUT2D eigenvalue weighted by Crippen LogP contribution is 2.18. The Bertz CT molecular complexity index is 226. The topological polar surface area (TPSA) is 58.4 Å². The van der Waals surface area contributed by atoms with Crippen LogP contribution in [0.2, 0.25) is 0 Å². The van der Waals surface area contributed by atoms with Crippen LogP contribution in [0, 0.1) is 0 Å². The monoisotopic (exact) mass is 227 g/mol. The highest BCUT2D eigenvalue weighted by molar-refractivity contribution is 5.81. The van der Waals surface area contributed by atoms with Crippen molar-refractivity contribution in [2.75, 3.05) is 13.6 Å². The molecule has 0 heterocycles. The summed E-state index contributed by atoms with van der Waals surface area (Å²) >= 11 is 0. The normalized spacial score (nSPS) is 21.1. The predicted octanol–water partition coefficient (Wildman–Crippen LogP) is 0.713. The molecule has 0 radical (unpaired) electrons. The molecular formula is C12H25N3O. The molecule has 1 amide bonds. The zero-order chi connectivity index (χ0) is 12.1. The molecular weight excluding hydrogens is 202 g/mol. The fourth-order valence-corrected chi connectivity index (χ4v) is 2.12. The van der Waals surface area contributed by atoms with E-state index in [0.29, 0.717) is 12.6 Å². The molecule has 2 unspecified atom stereocenters. The first-order valence-electron chi connectivity index (χ1n) is 6.28. The van der Waals surface area contributed by atoms with Gasteiger partial charge < -0.3 is 11.1 Å². The molecule has 0 aromatic rings. The minimum atomic E-state index is -0.0980. The van der Waals surface area contributed by atoms with Gasteiger partial charge in [-0.15, -0.1) is 0 Å². The molecule has 0 bridgehead atoms. The number of nitrogens with zero attached hydrogens (tertiary/aromatic N) is 1. The number of amides is 1. The molecule has 16 heavy (non-hydrogen) atoms. The molecule has 1 aliphatic carbocycles. The maximum atomic E-state index is 12.0. The number of rotatable bonds is 5. The minimum Gasteiger partial charge on any atom is -0.352 e. The van der Waals surface area contributed by atoms with Crippen LogP contribution in [-0.2, 0) is 4.79 Å². The standard InChI is InChI=1S/C12H25N3O/c1-9(8-13)15(3)10(2)12(16)14-11-6-4-5-7-11/h9-11H,4-8,13H2,1-3H3,(H,14,16). The number of nitrogens with two attached hydrogens (primary N) is 1. The zero-order valence-electron chi connectivity index (χ0n) is 10.7. The molecule has 0 aliphatic heterocycles. The van der Waals surface area contributed by atoms with Gasteiger partial charge >= 0.3 is 0 Å². The molecule has 1 fully saturated rings. The Morgan fingerprint density at radius 3 is 2.50 bits per heavy atom. The van der Waals surface area contributed by atoms with Gasteiger partial charge in [0.15, 0.2) is 0 Å². The van der Waals surface area contributed by atoms with Gasteiger partial charge in [0.25, 0.3) is 0 Å². The molecule has 2 atom stereocenters. The highest BCUT2D eigenvalue weighted by Gasteiger charge is 2.24. The Balaban J connectivity index is 2.39. The molecule has 0 saturated heterocycles. The van der Waals surface area contributed by atoms with Crippen LogP contribution in [0.5, 0.6) is 0 Å². The Labute approximate surface area is 98.6 Å². The molecule has 1 rings (SSSR count). The van der Waals surface area contributed by atoms with Gasteiger partial charge in [0.2, 0.25) is 5.91 Å². The minimum absolute atomic E-state index is 0.0980. The van der Waals surface area contributed by atoms with Gasteiger partial charge in [0.1, 0.15) is 0 Å². The number of carbonyl (C=O) groups excluding carboxylic acids is 1. The summed E-state index contributed by atoms with van der Waals surface area (Å²) in [5.41, 5.74) is 5.60. The van der Waals surface area contributed by atoms with E-state index in [0.717, 1.165) is 12.8 Å². The number of hydrogen-bond donors (Lipinski definition) is 2. The second-order valence-electron chi connectivity index (χ2n) is 4.92. The highest BCUT2D eigenvalue weighted by atomic mass is 16.2. The largest absolute Gasteiger partial charge is 0.352 e. The molecule has 1 aliphatic rings. The van der Waals surface area contributed by atoms with Crippen molar-refractivity contribution in [3.8, 4) is 0 Å². The van der Waals surface area contributed by atoms with Gasteiger partial charge in [0, 0.05) is 18.6 Å². The van der Waals surface area contributed by atoms with E-state index in [1.807, 2.05) is 25.8 Å². The van der Waals surface area contributed by atoms with Crippen LogP contribution < -0.4 is 11.1 Å². The first-order chi connectivity index (χ1) is 7.56. The van der Waals surface area contributed by atoms with Crippen molar-refractivity contribution in [1.82, 2.24) is 10.2 Å². The lowest BCUT2D eigenvalue weighted by Gasteiger charge is -2.29. The van der Waals surface area contributed by atoms with Crippen LogP contribution in [-0.4, -0.2) is 42.5 Å². The van der Waals surface area contributed by atoms with E-state index in [-0.39, 0.29) is 18.0 Å². The van der Waals surface area contributed by atoms with Crippen molar-refractivity contribution >= 4 is 5.91 Å². The number of carbonyl (C=O) groups is 1. The van der Waals surface area contributed by atoms with Crippen LogP contribution >= 0.6 is 0 Å². The molecule has 0 aromatic carbocycles. The predicted molar refractivity (Wildman–Crippen MR) is 66.1 cm³/mol. The third-order valence-electron chi connectivity index (χ3n) is 3.73. The number of nitrogens with one attached hydrogen (secondary N) is 1. The fraction of sp³-hybridized carbons (Fsp3) is 0.917. The average Bonchev–Trinajstić information content (AvgIpc) is 2.78. The molecule has 4 heteroatoms. The molecule has 94 valence electrons. The van der Waals surface area contributed by atoms with E-state index >= 15 is 0 Å². The van der Waals surface area contributed by atoms with Gasteiger partial charge in [-0.2, -0.15) is 0 Å². The van der Waals surface area contributed by atoms with Crippen molar-refractivity contribution in [1.29, 1.82) is 0 Å². The van der Waals surface area contributed by atoms with E-state index < -0.39 is 0 Å². The van der Waals surface area contributed by atoms with Crippen LogP contribution in [0.25, 0.3) is 0 Å². The SMILES string of the molecule is CC(CN)N(C)C(C)C(=O)NC1CCCC1. The van der Waals surface area contributed by atoms with Crippen molar-refractivity contribution in [3.05, 3.63) is 0 Å². The number of likely N-dealkylation sites (N-methyl/N-ethyl adjacent to an activating group) is 1. The van der Waals surface area contributed by atoms with Crippen molar-refractivity contribution in [3.63, 3.8) is 0 Å². The van der Waals surface area contributed by atoms with Crippen molar-refractivity contribution < 1.29 is 4.79 Å². The lowest BCUT2D eigenvalue weighted by Crippen LogP contribution is -2.50. The van der Waals surface area contributed by atoms with E-state index in [1.54, 1.807) is 0 Å². The summed E-state index contributed by atoms with van der Waals surface area (Å²) in [6, 6.07) is 0.542. The zero-order valence-corrected chi connectivity index (χ0v) is 10.7. The second kappa shape index (κ2) is 6.21. The first kappa shape index (κ1) is 13.5. The quantitative estimate of drug-likeness (QED) is 0.727. The molecule has 3 N–H and O–H groups in total. The van der Waals surface area contributed by atoms with Gasteiger partial charge in [-0.3, -0.25) is 9.69 Å². The first-order valence-corrected chi connectivity index (χ1v) is 6.28. The third-order valence-corrected chi connectivity index (χ3v) is 3.73. The summed E-state index contributed by atoms with van der Waals surface area (Å²) in [6.07, 6.45) is 4.76. The maximum Gasteiger partial charge on any atom is 0.237 e. The molecule has 0 aromatic heterocycles. The van der Waals surface area contributed by atoms with Gasteiger partial charge in [-0.25, -0.2) is 0 Å². The Hall–Kier alpha value is -0.610. The fourth-order valence-electron chi connectivity index (χ4n) is 2.12. The van der Waals surface area contributed by atoms with E-state index in [9.17, 15) is 4.79 Å². The molecule has 0 spiro atoms. The van der Waals surface area contributed by atoms with Crippen LogP contribution in [0.3, 0.4) is 0 Å². The summed E-state index contributed by atoms with van der Waals surface area (Å²) in [6.45, 7) is 4.56. The third kappa shape index (κ3) is 3.46. The summed E-state index contributed by atoms with van der Waals surface area (Å²) < 4.78 is 0. The Morgan fingerprint density at radius 2 is 2.00 bits per heavy atom. The summed E-state index contributed by atoms with van der Waals surface area (Å²) in [5.74, 6) is 0.134. The van der Waals surface area contributed by atoms with E-state index in [1.165, 1.54) is 12.8 Å². The van der Waals surface area contributed by atoms with Crippen LogP contribution in [0.1, 0.15) is 39.5 Å². The van der Waals surface area contributed by atoms with Crippen LogP contribution in [0.15, 0.2) is 0 Å². The second-order valence-corrected chi connectivity index (χ2v) is 4.92. The van der Waals surface area contributed by atoms with Gasteiger partial charge in [-0.05, 0) is 33.7 Å². The van der Waals surface area contributed by atoms with E-state index in [4.69, 9.17) is 5.73 Å². The maximum absolute atomic E-state index is 12.0.